The Morgan fingerprint density at radius 3 is 2.36 bits per heavy atom. The average Bonchev–Trinajstić information content (AvgIpc) is 2.82. The van der Waals surface area contributed by atoms with Gasteiger partial charge in [0.15, 0.2) is 0 Å². The Morgan fingerprint density at radius 1 is 0.880 bits per heavy atom. The van der Waals surface area contributed by atoms with Gasteiger partial charge >= 0.3 is 0 Å². The second kappa shape index (κ2) is 7.11. The van der Waals surface area contributed by atoms with Gasteiger partial charge in [0.25, 0.3) is 0 Å². The molecular weight excluding hydrogens is 390 g/mol. The van der Waals surface area contributed by atoms with Crippen LogP contribution in [0.3, 0.4) is 0 Å². The van der Waals surface area contributed by atoms with E-state index in [2.05, 4.69) is 107 Å². The molecular formula is C22H18BrNS. The monoisotopic (exact) mass is 407 g/mol. The van der Waals surface area contributed by atoms with Crippen molar-refractivity contribution in [2.75, 3.05) is 5.32 Å². The van der Waals surface area contributed by atoms with Crippen LogP contribution in [0.4, 0.5) is 5.69 Å². The highest BCUT2D eigenvalue weighted by molar-refractivity contribution is 9.10. The van der Waals surface area contributed by atoms with E-state index < -0.39 is 0 Å². The normalized spacial score (nSPS) is 16.4. The lowest BCUT2D eigenvalue weighted by Gasteiger charge is -2.13. The van der Waals surface area contributed by atoms with E-state index in [1.54, 1.807) is 0 Å². The molecule has 0 fully saturated rings. The molecule has 3 heteroatoms. The smallest absolute Gasteiger partial charge is 0.0548 e. The van der Waals surface area contributed by atoms with Crippen molar-refractivity contribution in [3.05, 3.63) is 100 Å². The van der Waals surface area contributed by atoms with Gasteiger partial charge in [0, 0.05) is 15.1 Å². The zero-order chi connectivity index (χ0) is 17.2. The van der Waals surface area contributed by atoms with Crippen LogP contribution in [0.2, 0.25) is 0 Å². The Labute approximate surface area is 161 Å². The summed E-state index contributed by atoms with van der Waals surface area (Å²) in [5.74, 6) is 0. The molecule has 0 saturated carbocycles. The second-order valence-corrected chi connectivity index (χ2v) is 8.26. The average molecular weight is 408 g/mol. The van der Waals surface area contributed by atoms with E-state index in [9.17, 15) is 0 Å². The van der Waals surface area contributed by atoms with Gasteiger partial charge in [-0.15, -0.1) is 11.8 Å². The molecule has 1 heterocycles. The lowest BCUT2D eigenvalue weighted by Crippen LogP contribution is -1.99. The van der Waals surface area contributed by atoms with Crippen molar-refractivity contribution in [2.24, 2.45) is 0 Å². The predicted octanol–water partition coefficient (Wildman–Crippen LogP) is 7.06. The Hall–Kier alpha value is -1.97. The summed E-state index contributed by atoms with van der Waals surface area (Å²) in [6, 6.07) is 25.8. The number of hydrogen-bond donors (Lipinski definition) is 1. The van der Waals surface area contributed by atoms with E-state index in [1.807, 2.05) is 11.8 Å². The summed E-state index contributed by atoms with van der Waals surface area (Å²) in [7, 11) is 0. The fourth-order valence-corrected chi connectivity index (χ4v) is 4.34. The number of aryl methyl sites for hydroxylation is 1. The molecule has 4 rings (SSSR count). The maximum Gasteiger partial charge on any atom is 0.0548 e. The minimum atomic E-state index is 0.264. The summed E-state index contributed by atoms with van der Waals surface area (Å²) in [6.07, 6.45) is 2.33. The summed E-state index contributed by atoms with van der Waals surface area (Å²) in [6.45, 7) is 2.12. The highest BCUT2D eigenvalue weighted by Gasteiger charge is 2.19. The van der Waals surface area contributed by atoms with Crippen LogP contribution in [0.5, 0.6) is 0 Å². The largest absolute Gasteiger partial charge is 0.354 e. The fourth-order valence-electron chi connectivity index (χ4n) is 2.90. The van der Waals surface area contributed by atoms with E-state index in [0.29, 0.717) is 0 Å². The number of para-hydroxylation sites is 1. The lowest BCUT2D eigenvalue weighted by atomic mass is 10.1. The van der Waals surface area contributed by atoms with Gasteiger partial charge in [-0.2, -0.15) is 0 Å². The molecule has 124 valence electrons. The fraction of sp³-hybridized carbons (Fsp3) is 0.0909. The molecule has 0 radical (unpaired) electrons. The summed E-state index contributed by atoms with van der Waals surface area (Å²) >= 11 is 5.42. The van der Waals surface area contributed by atoms with Crippen molar-refractivity contribution in [1.82, 2.24) is 0 Å². The van der Waals surface area contributed by atoms with Crippen molar-refractivity contribution in [2.45, 2.75) is 17.1 Å². The van der Waals surface area contributed by atoms with Gasteiger partial charge < -0.3 is 5.32 Å². The summed E-state index contributed by atoms with van der Waals surface area (Å²) in [5.41, 5.74) is 6.11. The Kier molecular flexibility index (Phi) is 4.69. The first-order valence-electron chi connectivity index (χ1n) is 8.26. The van der Waals surface area contributed by atoms with Crippen LogP contribution in [0.1, 0.15) is 21.9 Å². The van der Waals surface area contributed by atoms with Gasteiger partial charge in [-0.25, -0.2) is 0 Å². The molecule has 3 aromatic carbocycles. The van der Waals surface area contributed by atoms with Crippen LogP contribution in [0, 0.1) is 6.92 Å². The number of benzene rings is 3. The zero-order valence-electron chi connectivity index (χ0n) is 13.9. The molecule has 0 bridgehead atoms. The molecule has 1 aliphatic rings. The summed E-state index contributed by atoms with van der Waals surface area (Å²) in [5, 5.41) is 3.90. The Bertz CT molecular complexity index is 914. The van der Waals surface area contributed by atoms with Crippen molar-refractivity contribution in [1.29, 1.82) is 0 Å². The third-order valence-corrected chi connectivity index (χ3v) is 6.09. The summed E-state index contributed by atoms with van der Waals surface area (Å²) in [4.78, 5) is 1.27. The molecule has 1 aliphatic heterocycles. The standard InChI is InChI=1S/C22H18BrNS/c1-15-6-8-16(9-7-15)20-14-22(17-10-12-18(23)13-11-17)25-21-5-3-2-4-19(21)24-20/h2-14,22,24H,1H3/t22-/m0/s1. The first kappa shape index (κ1) is 16.5. The zero-order valence-corrected chi connectivity index (χ0v) is 16.3. The van der Waals surface area contributed by atoms with E-state index in [4.69, 9.17) is 0 Å². The van der Waals surface area contributed by atoms with E-state index in [-0.39, 0.29) is 5.25 Å². The van der Waals surface area contributed by atoms with E-state index in [0.717, 1.165) is 10.2 Å². The van der Waals surface area contributed by atoms with Crippen molar-refractivity contribution in [3.8, 4) is 0 Å². The van der Waals surface area contributed by atoms with Crippen LogP contribution in [0.15, 0.2) is 88.2 Å². The van der Waals surface area contributed by atoms with Crippen molar-refractivity contribution >= 4 is 39.1 Å². The number of thioether (sulfide) groups is 1. The minimum Gasteiger partial charge on any atom is -0.354 e. The van der Waals surface area contributed by atoms with Crippen molar-refractivity contribution in [3.63, 3.8) is 0 Å². The van der Waals surface area contributed by atoms with Gasteiger partial charge in [0.1, 0.15) is 0 Å². The molecule has 1 atom stereocenters. The maximum absolute atomic E-state index is 3.64. The lowest BCUT2D eigenvalue weighted by molar-refractivity contribution is 1.22. The van der Waals surface area contributed by atoms with Gasteiger partial charge in [-0.3, -0.25) is 0 Å². The highest BCUT2D eigenvalue weighted by atomic mass is 79.9. The number of fused-ring (bicyclic) bond motifs is 1. The van der Waals surface area contributed by atoms with Gasteiger partial charge in [-0.05, 0) is 48.4 Å². The third kappa shape index (κ3) is 3.68. The van der Waals surface area contributed by atoms with Crippen LogP contribution >= 0.6 is 27.7 Å². The van der Waals surface area contributed by atoms with Crippen molar-refractivity contribution < 1.29 is 0 Å². The summed E-state index contributed by atoms with van der Waals surface area (Å²) < 4.78 is 1.11. The maximum atomic E-state index is 3.64. The molecule has 0 amide bonds. The SMILES string of the molecule is Cc1ccc(C2=C[C@@H](c3ccc(Br)cc3)Sc3ccccc3N2)cc1. The first-order valence-corrected chi connectivity index (χ1v) is 9.93. The topological polar surface area (TPSA) is 12.0 Å². The molecule has 0 spiro atoms. The molecule has 0 unspecified atom stereocenters. The quantitative estimate of drug-likeness (QED) is 0.487. The van der Waals surface area contributed by atoms with E-state index >= 15 is 0 Å². The van der Waals surface area contributed by atoms with Gasteiger partial charge in [0.2, 0.25) is 0 Å². The number of halogens is 1. The van der Waals surface area contributed by atoms with Crippen LogP contribution in [0.25, 0.3) is 5.70 Å². The third-order valence-electron chi connectivity index (χ3n) is 4.29. The van der Waals surface area contributed by atoms with Gasteiger partial charge in [-0.1, -0.05) is 70.0 Å². The number of hydrogen-bond acceptors (Lipinski definition) is 2. The molecule has 25 heavy (non-hydrogen) atoms. The molecule has 3 aromatic rings. The molecule has 0 aliphatic carbocycles. The predicted molar refractivity (Wildman–Crippen MR) is 112 cm³/mol. The minimum absolute atomic E-state index is 0.264. The van der Waals surface area contributed by atoms with E-state index in [1.165, 1.54) is 27.3 Å². The number of rotatable bonds is 2. The molecule has 0 saturated heterocycles. The van der Waals surface area contributed by atoms with Gasteiger partial charge in [0.05, 0.1) is 10.9 Å². The molecule has 1 N–H and O–H groups in total. The molecule has 0 aromatic heterocycles. The second-order valence-electron chi connectivity index (χ2n) is 6.16. The first-order chi connectivity index (χ1) is 12.2. The van der Waals surface area contributed by atoms with Crippen LogP contribution in [-0.2, 0) is 0 Å². The molecule has 1 nitrogen and oxygen atoms in total. The number of anilines is 1. The Morgan fingerprint density at radius 2 is 1.60 bits per heavy atom. The highest BCUT2D eigenvalue weighted by Crippen LogP contribution is 2.44. The van der Waals surface area contributed by atoms with Crippen LogP contribution in [-0.4, -0.2) is 0 Å². The number of nitrogens with one attached hydrogen (secondary N) is 1. The Balaban J connectivity index is 1.80. The van der Waals surface area contributed by atoms with Crippen LogP contribution < -0.4 is 5.32 Å².